The van der Waals surface area contributed by atoms with E-state index in [4.69, 9.17) is 0 Å². The number of H-pyrrole nitrogens is 1. The van der Waals surface area contributed by atoms with E-state index in [1.54, 1.807) is 5.10 Å². The summed E-state index contributed by atoms with van der Waals surface area (Å²) in [4.78, 5) is 11.7. The number of hydrogen-bond acceptors (Lipinski definition) is 4. The highest BCUT2D eigenvalue weighted by atomic mass is 19.4. The number of nitrogens with zero attached hydrogens (tertiary/aromatic N) is 5. The molecule has 0 spiro atoms. The highest BCUT2D eigenvalue weighted by molar-refractivity contribution is 5.55. The number of benzene rings is 1. The molecule has 0 saturated heterocycles. The van der Waals surface area contributed by atoms with E-state index in [1.807, 2.05) is 0 Å². The van der Waals surface area contributed by atoms with Crippen LogP contribution in [0.15, 0.2) is 36.8 Å². The van der Waals surface area contributed by atoms with Crippen LogP contribution in [0.1, 0.15) is 17.1 Å². The van der Waals surface area contributed by atoms with Gasteiger partial charge in [-0.15, -0.1) is 0 Å². The molecule has 0 aliphatic rings. The zero-order valence-corrected chi connectivity index (χ0v) is 13.3. The van der Waals surface area contributed by atoms with Crippen molar-refractivity contribution in [2.75, 3.05) is 0 Å². The molecule has 6 nitrogen and oxygen atoms in total. The van der Waals surface area contributed by atoms with Gasteiger partial charge in [-0.3, -0.25) is 5.10 Å². The summed E-state index contributed by atoms with van der Waals surface area (Å²) in [5.41, 5.74) is 0.254. The molecule has 0 amide bonds. The predicted octanol–water partition coefficient (Wildman–Crippen LogP) is 3.40. The van der Waals surface area contributed by atoms with Crippen molar-refractivity contribution in [2.45, 2.75) is 12.6 Å². The number of aromatic nitrogens is 6. The molecule has 0 aliphatic heterocycles. The van der Waals surface area contributed by atoms with Gasteiger partial charge in [0.1, 0.15) is 17.3 Å². The Labute approximate surface area is 147 Å². The SMILES string of the molecule is Fc1cccc(F)c1Cc1nc(-c2n[nH]c(C(F)(F)F)n2)cn2ccnc12. The minimum absolute atomic E-state index is 0.000928. The van der Waals surface area contributed by atoms with Crippen molar-refractivity contribution in [3.63, 3.8) is 0 Å². The Hall–Kier alpha value is -3.37. The van der Waals surface area contributed by atoms with E-state index in [9.17, 15) is 22.0 Å². The van der Waals surface area contributed by atoms with Gasteiger partial charge in [0.05, 0.1) is 5.69 Å². The molecular weight excluding hydrogens is 371 g/mol. The summed E-state index contributed by atoms with van der Waals surface area (Å²) in [6.45, 7) is 0. The van der Waals surface area contributed by atoms with Crippen LogP contribution in [0.5, 0.6) is 0 Å². The lowest BCUT2D eigenvalue weighted by molar-refractivity contribution is -0.144. The van der Waals surface area contributed by atoms with Crippen molar-refractivity contribution in [1.82, 2.24) is 29.5 Å². The van der Waals surface area contributed by atoms with E-state index in [-0.39, 0.29) is 29.2 Å². The average Bonchev–Trinajstić information content (AvgIpc) is 3.26. The van der Waals surface area contributed by atoms with Gasteiger partial charge in [0, 0.05) is 30.6 Å². The Kier molecular flexibility index (Phi) is 3.86. The topological polar surface area (TPSA) is 71.8 Å². The number of halogens is 5. The second-order valence-corrected chi connectivity index (χ2v) is 5.61. The molecular formula is C16H9F5N6. The molecule has 11 heteroatoms. The van der Waals surface area contributed by atoms with Crippen LogP contribution < -0.4 is 0 Å². The van der Waals surface area contributed by atoms with Gasteiger partial charge >= 0.3 is 6.18 Å². The van der Waals surface area contributed by atoms with Crippen molar-refractivity contribution in [1.29, 1.82) is 0 Å². The number of hydrogen-bond donors (Lipinski definition) is 1. The van der Waals surface area contributed by atoms with Crippen LogP contribution in [-0.2, 0) is 12.6 Å². The summed E-state index contributed by atoms with van der Waals surface area (Å²) in [6, 6.07) is 3.45. The first-order valence-electron chi connectivity index (χ1n) is 7.58. The summed E-state index contributed by atoms with van der Waals surface area (Å²) in [6.07, 6.45) is -0.597. The van der Waals surface area contributed by atoms with E-state index in [0.717, 1.165) is 12.1 Å². The standard InChI is InChI=1S/C16H9F5N6/c17-9-2-1-3-10(18)8(9)6-11-14-22-4-5-27(14)7-12(23-11)13-24-15(26-25-13)16(19,20)21/h1-5,7H,6H2,(H,24,25,26). The maximum atomic E-state index is 14.0. The lowest BCUT2D eigenvalue weighted by Gasteiger charge is -2.08. The number of imidazole rings is 1. The van der Waals surface area contributed by atoms with Crippen LogP contribution in [0.25, 0.3) is 17.2 Å². The fraction of sp³-hybridized carbons (Fsp3) is 0.125. The van der Waals surface area contributed by atoms with E-state index < -0.39 is 23.6 Å². The van der Waals surface area contributed by atoms with Crippen LogP contribution in [0.2, 0.25) is 0 Å². The smallest absolute Gasteiger partial charge is 0.303 e. The van der Waals surface area contributed by atoms with Gasteiger partial charge < -0.3 is 4.40 Å². The van der Waals surface area contributed by atoms with Gasteiger partial charge in [-0.05, 0) is 12.1 Å². The third kappa shape index (κ3) is 3.11. The summed E-state index contributed by atoms with van der Waals surface area (Å²) >= 11 is 0. The Morgan fingerprint density at radius 2 is 1.81 bits per heavy atom. The number of nitrogens with one attached hydrogen (secondary N) is 1. The molecule has 27 heavy (non-hydrogen) atoms. The molecule has 0 fully saturated rings. The van der Waals surface area contributed by atoms with Gasteiger partial charge in [0.2, 0.25) is 11.6 Å². The molecule has 1 aromatic carbocycles. The Bertz CT molecular complexity index is 1110. The predicted molar refractivity (Wildman–Crippen MR) is 82.5 cm³/mol. The summed E-state index contributed by atoms with van der Waals surface area (Å²) in [5.74, 6) is -3.09. The molecule has 138 valence electrons. The van der Waals surface area contributed by atoms with Gasteiger partial charge in [-0.25, -0.2) is 23.7 Å². The number of fused-ring (bicyclic) bond motifs is 1. The summed E-state index contributed by atoms with van der Waals surface area (Å²) in [5, 5.41) is 5.33. The van der Waals surface area contributed by atoms with Gasteiger partial charge in [-0.2, -0.15) is 18.3 Å². The number of alkyl halides is 3. The molecule has 3 aromatic heterocycles. The van der Waals surface area contributed by atoms with Crippen molar-refractivity contribution in [2.24, 2.45) is 0 Å². The molecule has 0 saturated carbocycles. The van der Waals surface area contributed by atoms with E-state index in [1.165, 1.54) is 29.1 Å². The van der Waals surface area contributed by atoms with E-state index in [2.05, 4.69) is 20.1 Å². The summed E-state index contributed by atoms with van der Waals surface area (Å²) < 4.78 is 67.6. The van der Waals surface area contributed by atoms with Gasteiger partial charge in [0.25, 0.3) is 0 Å². The summed E-state index contributed by atoms with van der Waals surface area (Å²) in [7, 11) is 0. The Balaban J connectivity index is 1.82. The third-order valence-corrected chi connectivity index (χ3v) is 3.83. The third-order valence-electron chi connectivity index (χ3n) is 3.83. The second-order valence-electron chi connectivity index (χ2n) is 5.61. The quantitative estimate of drug-likeness (QED) is 0.553. The maximum absolute atomic E-state index is 14.0. The molecule has 0 unspecified atom stereocenters. The minimum atomic E-state index is -4.69. The molecule has 1 N–H and O–H groups in total. The van der Waals surface area contributed by atoms with Crippen LogP contribution in [0.3, 0.4) is 0 Å². The van der Waals surface area contributed by atoms with Crippen LogP contribution >= 0.6 is 0 Å². The highest BCUT2D eigenvalue weighted by Gasteiger charge is 2.35. The fourth-order valence-corrected chi connectivity index (χ4v) is 2.59. The van der Waals surface area contributed by atoms with Crippen molar-refractivity contribution < 1.29 is 22.0 Å². The van der Waals surface area contributed by atoms with Crippen LogP contribution in [0, 0.1) is 11.6 Å². The first-order chi connectivity index (χ1) is 12.8. The van der Waals surface area contributed by atoms with E-state index >= 15 is 0 Å². The largest absolute Gasteiger partial charge is 0.451 e. The molecule has 0 atom stereocenters. The minimum Gasteiger partial charge on any atom is -0.303 e. The molecule has 0 bridgehead atoms. The molecule has 0 aliphatic carbocycles. The van der Waals surface area contributed by atoms with Crippen molar-refractivity contribution in [3.05, 3.63) is 65.5 Å². The Morgan fingerprint density at radius 1 is 1.07 bits per heavy atom. The highest BCUT2D eigenvalue weighted by Crippen LogP contribution is 2.27. The lowest BCUT2D eigenvalue weighted by atomic mass is 10.1. The zero-order valence-electron chi connectivity index (χ0n) is 13.3. The van der Waals surface area contributed by atoms with E-state index in [0.29, 0.717) is 5.65 Å². The number of aromatic amines is 1. The van der Waals surface area contributed by atoms with Crippen molar-refractivity contribution in [3.8, 4) is 11.5 Å². The van der Waals surface area contributed by atoms with Crippen LogP contribution in [0.4, 0.5) is 22.0 Å². The normalized spacial score (nSPS) is 12.0. The van der Waals surface area contributed by atoms with Crippen molar-refractivity contribution >= 4 is 5.65 Å². The monoisotopic (exact) mass is 380 g/mol. The molecule has 3 heterocycles. The second kappa shape index (κ2) is 6.11. The average molecular weight is 380 g/mol. The first-order valence-corrected chi connectivity index (χ1v) is 7.58. The molecule has 0 radical (unpaired) electrons. The first kappa shape index (κ1) is 17.1. The maximum Gasteiger partial charge on any atom is 0.451 e. The van der Waals surface area contributed by atoms with Crippen LogP contribution in [-0.4, -0.2) is 29.5 Å². The zero-order chi connectivity index (χ0) is 19.2. The fourth-order valence-electron chi connectivity index (χ4n) is 2.59. The lowest BCUT2D eigenvalue weighted by Crippen LogP contribution is -2.07. The van der Waals surface area contributed by atoms with Gasteiger partial charge in [0.15, 0.2) is 5.65 Å². The number of rotatable bonds is 3. The Morgan fingerprint density at radius 3 is 2.48 bits per heavy atom. The molecule has 4 aromatic rings. The molecule has 4 rings (SSSR count). The van der Waals surface area contributed by atoms with Gasteiger partial charge in [-0.1, -0.05) is 6.07 Å².